The van der Waals surface area contributed by atoms with Crippen LogP contribution in [0.2, 0.25) is 0 Å². The molecule has 1 fully saturated rings. The van der Waals surface area contributed by atoms with Gasteiger partial charge >= 0.3 is 0 Å². The van der Waals surface area contributed by atoms with E-state index in [0.29, 0.717) is 25.5 Å². The lowest BCUT2D eigenvalue weighted by molar-refractivity contribution is -0.00531. The molecule has 5 nitrogen and oxygen atoms in total. The first-order valence-corrected chi connectivity index (χ1v) is 9.06. The first-order chi connectivity index (χ1) is 12.2. The third-order valence-corrected chi connectivity index (χ3v) is 5.13. The van der Waals surface area contributed by atoms with E-state index in [4.69, 9.17) is 14.1 Å². The molecule has 1 saturated heterocycles. The fourth-order valence-electron chi connectivity index (χ4n) is 2.94. The number of hydrogen-bond donors (Lipinski definition) is 0. The van der Waals surface area contributed by atoms with Crippen molar-refractivity contribution in [1.82, 2.24) is 9.88 Å². The van der Waals surface area contributed by atoms with Gasteiger partial charge in [-0.3, -0.25) is 4.79 Å². The molecule has 6 heteroatoms. The highest BCUT2D eigenvalue weighted by molar-refractivity contribution is 7.13. The molecule has 1 aliphatic heterocycles. The van der Waals surface area contributed by atoms with Crippen molar-refractivity contribution in [2.45, 2.75) is 13.0 Å². The van der Waals surface area contributed by atoms with Gasteiger partial charge in [0.2, 0.25) is 0 Å². The van der Waals surface area contributed by atoms with Gasteiger partial charge in [0.25, 0.3) is 5.91 Å². The zero-order chi connectivity index (χ0) is 17.2. The van der Waals surface area contributed by atoms with Crippen LogP contribution >= 0.6 is 11.3 Å². The summed E-state index contributed by atoms with van der Waals surface area (Å²) < 4.78 is 11.1. The summed E-state index contributed by atoms with van der Waals surface area (Å²) in [6, 6.07) is 13.4. The molecule has 0 spiro atoms. The molecule has 3 aromatic rings. The van der Waals surface area contributed by atoms with Gasteiger partial charge < -0.3 is 14.1 Å². The highest BCUT2D eigenvalue weighted by Gasteiger charge is 2.32. The third-order valence-electron chi connectivity index (χ3n) is 4.22. The standard InChI is InChI=1S/C19H18N2O3S/c1-13-7-8-17(24-13)19(22)21-9-10-23-11-16(21)15-12-25-18(20-15)14-5-3-2-4-6-14/h2-8,12,16H,9-11H2,1H3. The number of nitrogens with zero attached hydrogens (tertiary/aromatic N) is 2. The number of aromatic nitrogens is 1. The number of benzene rings is 1. The molecule has 25 heavy (non-hydrogen) atoms. The normalized spacial score (nSPS) is 17.6. The molecule has 0 saturated carbocycles. The highest BCUT2D eigenvalue weighted by atomic mass is 32.1. The number of carbonyl (C=O) groups is 1. The zero-order valence-corrected chi connectivity index (χ0v) is 14.7. The Morgan fingerprint density at radius 3 is 2.84 bits per heavy atom. The summed E-state index contributed by atoms with van der Waals surface area (Å²) in [5.74, 6) is 0.978. The molecule has 1 atom stereocenters. The van der Waals surface area contributed by atoms with Crippen LogP contribution in [0.5, 0.6) is 0 Å². The predicted molar refractivity (Wildman–Crippen MR) is 95.6 cm³/mol. The van der Waals surface area contributed by atoms with Crippen LogP contribution in [-0.4, -0.2) is 35.5 Å². The van der Waals surface area contributed by atoms with E-state index in [1.54, 1.807) is 28.4 Å². The van der Waals surface area contributed by atoms with Gasteiger partial charge in [-0.25, -0.2) is 4.98 Å². The van der Waals surface area contributed by atoms with Crippen LogP contribution in [0.25, 0.3) is 10.6 Å². The molecule has 0 radical (unpaired) electrons. The van der Waals surface area contributed by atoms with E-state index in [9.17, 15) is 4.79 Å². The maximum atomic E-state index is 12.8. The van der Waals surface area contributed by atoms with Crippen molar-refractivity contribution >= 4 is 17.2 Å². The van der Waals surface area contributed by atoms with Crippen molar-refractivity contribution in [3.63, 3.8) is 0 Å². The Hall–Kier alpha value is -2.44. The summed E-state index contributed by atoms with van der Waals surface area (Å²) in [4.78, 5) is 19.4. The van der Waals surface area contributed by atoms with Gasteiger partial charge in [0, 0.05) is 17.5 Å². The van der Waals surface area contributed by atoms with E-state index in [1.807, 2.05) is 42.6 Å². The van der Waals surface area contributed by atoms with Crippen LogP contribution < -0.4 is 0 Å². The molecule has 4 rings (SSSR count). The predicted octanol–water partition coefficient (Wildman–Crippen LogP) is 3.93. The molecule has 3 heterocycles. The maximum absolute atomic E-state index is 12.8. The van der Waals surface area contributed by atoms with Crippen LogP contribution in [0, 0.1) is 6.92 Å². The van der Waals surface area contributed by atoms with E-state index in [2.05, 4.69) is 0 Å². The summed E-state index contributed by atoms with van der Waals surface area (Å²) in [5, 5.41) is 2.96. The number of furan rings is 1. The van der Waals surface area contributed by atoms with Crippen molar-refractivity contribution in [1.29, 1.82) is 0 Å². The van der Waals surface area contributed by atoms with Gasteiger partial charge in [-0.15, -0.1) is 11.3 Å². The molecule has 1 amide bonds. The van der Waals surface area contributed by atoms with Crippen molar-refractivity contribution in [3.05, 3.63) is 65.1 Å². The van der Waals surface area contributed by atoms with Crippen LogP contribution in [0.15, 0.2) is 52.3 Å². The Morgan fingerprint density at radius 2 is 2.08 bits per heavy atom. The van der Waals surface area contributed by atoms with Gasteiger partial charge in [0.05, 0.1) is 24.9 Å². The van der Waals surface area contributed by atoms with Crippen molar-refractivity contribution < 1.29 is 13.9 Å². The minimum absolute atomic E-state index is 0.115. The quantitative estimate of drug-likeness (QED) is 0.715. The lowest BCUT2D eigenvalue weighted by Crippen LogP contribution is -2.43. The second-order valence-electron chi connectivity index (χ2n) is 5.94. The van der Waals surface area contributed by atoms with E-state index in [1.165, 1.54) is 0 Å². The van der Waals surface area contributed by atoms with Gasteiger partial charge in [0.1, 0.15) is 10.8 Å². The first-order valence-electron chi connectivity index (χ1n) is 8.18. The molecule has 0 aliphatic carbocycles. The average molecular weight is 354 g/mol. The highest BCUT2D eigenvalue weighted by Crippen LogP contribution is 2.31. The first kappa shape index (κ1) is 16.1. The van der Waals surface area contributed by atoms with Gasteiger partial charge in [-0.05, 0) is 19.1 Å². The SMILES string of the molecule is Cc1ccc(C(=O)N2CCOCC2c2csc(-c3ccccc3)n2)o1. The zero-order valence-electron chi connectivity index (χ0n) is 13.8. The number of thiazole rings is 1. The maximum Gasteiger partial charge on any atom is 0.290 e. The van der Waals surface area contributed by atoms with Gasteiger partial charge in [0.15, 0.2) is 5.76 Å². The molecular formula is C19H18N2O3S. The number of aryl methyl sites for hydroxylation is 1. The summed E-state index contributed by atoms with van der Waals surface area (Å²) in [6.45, 7) is 3.34. The van der Waals surface area contributed by atoms with Crippen molar-refractivity contribution in [2.24, 2.45) is 0 Å². The number of carbonyl (C=O) groups excluding carboxylic acids is 1. The average Bonchev–Trinajstić information content (AvgIpc) is 3.31. The molecular weight excluding hydrogens is 336 g/mol. The fraction of sp³-hybridized carbons (Fsp3) is 0.263. The third kappa shape index (κ3) is 3.23. The molecule has 0 N–H and O–H groups in total. The number of hydrogen-bond acceptors (Lipinski definition) is 5. The molecule has 1 aromatic carbocycles. The van der Waals surface area contributed by atoms with E-state index < -0.39 is 0 Å². The number of morpholine rings is 1. The van der Waals surface area contributed by atoms with Crippen LogP contribution in [-0.2, 0) is 4.74 Å². The lowest BCUT2D eigenvalue weighted by Gasteiger charge is -2.34. The molecule has 0 bridgehead atoms. The summed E-state index contributed by atoms with van der Waals surface area (Å²) in [7, 11) is 0. The van der Waals surface area contributed by atoms with Crippen molar-refractivity contribution in [3.8, 4) is 10.6 Å². The molecule has 1 aliphatic rings. The van der Waals surface area contributed by atoms with E-state index in [-0.39, 0.29) is 11.9 Å². The topological polar surface area (TPSA) is 55.6 Å². The Labute approximate surface area is 149 Å². The minimum Gasteiger partial charge on any atom is -0.456 e. The van der Waals surface area contributed by atoms with E-state index >= 15 is 0 Å². The smallest absolute Gasteiger partial charge is 0.290 e. The van der Waals surface area contributed by atoms with E-state index in [0.717, 1.165) is 22.0 Å². The Bertz CT molecular complexity index is 872. The Balaban J connectivity index is 1.61. The summed E-state index contributed by atoms with van der Waals surface area (Å²) in [5.41, 5.74) is 1.94. The summed E-state index contributed by atoms with van der Waals surface area (Å²) in [6.07, 6.45) is 0. The molecule has 128 valence electrons. The number of ether oxygens (including phenoxy) is 1. The number of amides is 1. The summed E-state index contributed by atoms with van der Waals surface area (Å²) >= 11 is 1.58. The Morgan fingerprint density at radius 1 is 1.24 bits per heavy atom. The molecule has 2 aromatic heterocycles. The second-order valence-corrected chi connectivity index (χ2v) is 6.80. The Kier molecular flexibility index (Phi) is 4.38. The van der Waals surface area contributed by atoms with Crippen LogP contribution in [0.3, 0.4) is 0 Å². The van der Waals surface area contributed by atoms with Gasteiger partial charge in [-0.1, -0.05) is 30.3 Å². The fourth-order valence-corrected chi connectivity index (χ4v) is 3.81. The molecule has 1 unspecified atom stereocenters. The minimum atomic E-state index is -0.194. The largest absolute Gasteiger partial charge is 0.456 e. The monoisotopic (exact) mass is 354 g/mol. The van der Waals surface area contributed by atoms with Crippen molar-refractivity contribution in [2.75, 3.05) is 19.8 Å². The van der Waals surface area contributed by atoms with Crippen LogP contribution in [0.4, 0.5) is 0 Å². The second kappa shape index (κ2) is 6.82. The van der Waals surface area contributed by atoms with Gasteiger partial charge in [-0.2, -0.15) is 0 Å². The lowest BCUT2D eigenvalue weighted by atomic mass is 10.1. The van der Waals surface area contributed by atoms with Crippen LogP contribution in [0.1, 0.15) is 28.1 Å². The number of rotatable bonds is 3.